The van der Waals surface area contributed by atoms with Crippen molar-refractivity contribution < 1.29 is 14.2 Å². The van der Waals surface area contributed by atoms with E-state index in [1.54, 1.807) is 0 Å². The summed E-state index contributed by atoms with van der Waals surface area (Å²) in [5.74, 6) is 2.93. The van der Waals surface area contributed by atoms with Crippen molar-refractivity contribution in [2.24, 2.45) is 5.73 Å². The molecule has 122 valence electrons. The standard InChI is InChI=1S/C19H23NO3/c20-13-16(15-9-10-18-19(12-15)23-14-22-18)6-4-5-11-21-17-7-2-1-3-8-17/h1-3,7-10,12,16H,4-6,11,13-14,20H2. The molecule has 0 spiro atoms. The van der Waals surface area contributed by atoms with Crippen molar-refractivity contribution in [3.05, 3.63) is 54.1 Å². The second-order valence-electron chi connectivity index (χ2n) is 5.70. The Bertz CT molecular complexity index is 615. The van der Waals surface area contributed by atoms with Gasteiger partial charge in [0.15, 0.2) is 11.5 Å². The summed E-state index contributed by atoms with van der Waals surface area (Å²) in [7, 11) is 0. The Hall–Kier alpha value is -2.20. The van der Waals surface area contributed by atoms with Crippen LogP contribution in [-0.4, -0.2) is 19.9 Å². The average molecular weight is 313 g/mol. The van der Waals surface area contributed by atoms with Gasteiger partial charge in [0, 0.05) is 0 Å². The first-order valence-electron chi connectivity index (χ1n) is 8.14. The van der Waals surface area contributed by atoms with Crippen molar-refractivity contribution >= 4 is 0 Å². The van der Waals surface area contributed by atoms with Crippen molar-refractivity contribution in [1.82, 2.24) is 0 Å². The number of hydrogen-bond donors (Lipinski definition) is 1. The molecule has 1 aliphatic rings. The van der Waals surface area contributed by atoms with Gasteiger partial charge in [0.05, 0.1) is 6.61 Å². The van der Waals surface area contributed by atoms with Crippen LogP contribution >= 0.6 is 0 Å². The molecular formula is C19H23NO3. The molecule has 0 aromatic heterocycles. The lowest BCUT2D eigenvalue weighted by atomic mass is 9.93. The third-order valence-electron chi connectivity index (χ3n) is 4.11. The summed E-state index contributed by atoms with van der Waals surface area (Å²) in [5.41, 5.74) is 7.18. The Labute approximate surface area is 137 Å². The lowest BCUT2D eigenvalue weighted by Gasteiger charge is -2.15. The Morgan fingerprint density at radius 2 is 1.83 bits per heavy atom. The molecule has 4 heteroatoms. The smallest absolute Gasteiger partial charge is 0.231 e. The second-order valence-corrected chi connectivity index (χ2v) is 5.70. The van der Waals surface area contributed by atoms with Gasteiger partial charge in [0.2, 0.25) is 6.79 Å². The first kappa shape index (κ1) is 15.7. The zero-order valence-electron chi connectivity index (χ0n) is 13.2. The molecule has 0 saturated heterocycles. The van der Waals surface area contributed by atoms with Crippen LogP contribution < -0.4 is 19.9 Å². The van der Waals surface area contributed by atoms with E-state index < -0.39 is 0 Å². The van der Waals surface area contributed by atoms with Gasteiger partial charge < -0.3 is 19.9 Å². The highest BCUT2D eigenvalue weighted by Crippen LogP contribution is 2.35. The van der Waals surface area contributed by atoms with Gasteiger partial charge in [-0.1, -0.05) is 24.3 Å². The van der Waals surface area contributed by atoms with Crippen LogP contribution in [0.3, 0.4) is 0 Å². The summed E-state index contributed by atoms with van der Waals surface area (Å²) in [4.78, 5) is 0. The summed E-state index contributed by atoms with van der Waals surface area (Å²) in [6.07, 6.45) is 3.16. The molecule has 0 saturated carbocycles. The lowest BCUT2D eigenvalue weighted by Crippen LogP contribution is -2.13. The minimum atomic E-state index is 0.308. The van der Waals surface area contributed by atoms with Crippen molar-refractivity contribution in [2.45, 2.75) is 25.2 Å². The second kappa shape index (κ2) is 7.88. The predicted octanol–water partition coefficient (Wildman–Crippen LogP) is 3.71. The van der Waals surface area contributed by atoms with E-state index in [1.807, 2.05) is 36.4 Å². The SMILES string of the molecule is NCC(CCCCOc1ccccc1)c1ccc2c(c1)OCO2. The van der Waals surface area contributed by atoms with E-state index in [-0.39, 0.29) is 0 Å². The maximum Gasteiger partial charge on any atom is 0.231 e. The largest absolute Gasteiger partial charge is 0.494 e. The van der Waals surface area contributed by atoms with E-state index in [9.17, 15) is 0 Å². The van der Waals surface area contributed by atoms with Gasteiger partial charge in [-0.05, 0) is 61.6 Å². The highest BCUT2D eigenvalue weighted by Gasteiger charge is 2.17. The van der Waals surface area contributed by atoms with Gasteiger partial charge >= 0.3 is 0 Å². The minimum Gasteiger partial charge on any atom is -0.494 e. The first-order valence-corrected chi connectivity index (χ1v) is 8.14. The molecule has 1 heterocycles. The van der Waals surface area contributed by atoms with Gasteiger partial charge in [-0.25, -0.2) is 0 Å². The summed E-state index contributed by atoms with van der Waals surface area (Å²) in [5, 5.41) is 0. The molecule has 3 rings (SSSR count). The monoisotopic (exact) mass is 313 g/mol. The van der Waals surface area contributed by atoms with Crippen molar-refractivity contribution in [3.63, 3.8) is 0 Å². The van der Waals surface area contributed by atoms with E-state index in [4.69, 9.17) is 19.9 Å². The molecule has 0 aliphatic carbocycles. The number of para-hydroxylation sites is 1. The summed E-state index contributed by atoms with van der Waals surface area (Å²) >= 11 is 0. The zero-order valence-corrected chi connectivity index (χ0v) is 13.2. The van der Waals surface area contributed by atoms with E-state index in [2.05, 4.69) is 12.1 Å². The molecule has 2 aromatic rings. The average Bonchev–Trinajstić information content (AvgIpc) is 3.06. The number of benzene rings is 2. The third-order valence-corrected chi connectivity index (χ3v) is 4.11. The quantitative estimate of drug-likeness (QED) is 0.755. The normalized spacial score (nSPS) is 13.8. The molecule has 1 atom stereocenters. The van der Waals surface area contributed by atoms with E-state index >= 15 is 0 Å². The zero-order chi connectivity index (χ0) is 15.9. The molecule has 1 aliphatic heterocycles. The van der Waals surface area contributed by atoms with Gasteiger partial charge in [-0.3, -0.25) is 0 Å². The van der Waals surface area contributed by atoms with E-state index in [1.165, 1.54) is 5.56 Å². The third kappa shape index (κ3) is 4.17. The molecule has 0 radical (unpaired) electrons. The van der Waals surface area contributed by atoms with Crippen molar-refractivity contribution in [3.8, 4) is 17.2 Å². The number of nitrogens with two attached hydrogens (primary N) is 1. The van der Waals surface area contributed by atoms with Gasteiger partial charge in [-0.2, -0.15) is 0 Å². The minimum absolute atomic E-state index is 0.308. The maximum atomic E-state index is 5.95. The van der Waals surface area contributed by atoms with E-state index in [0.29, 0.717) is 19.3 Å². The highest BCUT2D eigenvalue weighted by molar-refractivity contribution is 5.45. The van der Waals surface area contributed by atoms with Crippen LogP contribution in [0.1, 0.15) is 30.7 Å². The first-order chi connectivity index (χ1) is 11.4. The Morgan fingerprint density at radius 1 is 1.00 bits per heavy atom. The molecule has 2 N–H and O–H groups in total. The molecule has 0 bridgehead atoms. The molecule has 23 heavy (non-hydrogen) atoms. The Balaban J connectivity index is 1.44. The van der Waals surface area contributed by atoms with Crippen LogP contribution in [0.4, 0.5) is 0 Å². The van der Waals surface area contributed by atoms with Crippen molar-refractivity contribution in [1.29, 1.82) is 0 Å². The molecule has 1 unspecified atom stereocenters. The number of unbranched alkanes of at least 4 members (excludes halogenated alkanes) is 1. The fraction of sp³-hybridized carbons (Fsp3) is 0.368. The van der Waals surface area contributed by atoms with Crippen LogP contribution in [0.2, 0.25) is 0 Å². The number of rotatable bonds is 8. The van der Waals surface area contributed by atoms with Gasteiger partial charge in [0.25, 0.3) is 0 Å². The molecule has 0 amide bonds. The van der Waals surface area contributed by atoms with Crippen molar-refractivity contribution in [2.75, 3.05) is 19.9 Å². The summed E-state index contributed by atoms with van der Waals surface area (Å²) < 4.78 is 16.5. The lowest BCUT2D eigenvalue weighted by molar-refractivity contribution is 0.174. The molecule has 2 aromatic carbocycles. The van der Waals surface area contributed by atoms with Crippen LogP contribution in [-0.2, 0) is 0 Å². The predicted molar refractivity (Wildman–Crippen MR) is 90.1 cm³/mol. The van der Waals surface area contributed by atoms with Crippen LogP contribution in [0.15, 0.2) is 48.5 Å². The molecular weight excluding hydrogens is 290 g/mol. The number of hydrogen-bond acceptors (Lipinski definition) is 4. The number of fused-ring (bicyclic) bond motifs is 1. The Morgan fingerprint density at radius 3 is 2.65 bits per heavy atom. The highest BCUT2D eigenvalue weighted by atomic mass is 16.7. The van der Waals surface area contributed by atoms with Crippen LogP contribution in [0.5, 0.6) is 17.2 Å². The van der Waals surface area contributed by atoms with Gasteiger partial charge in [-0.15, -0.1) is 0 Å². The molecule has 0 fully saturated rings. The van der Waals surface area contributed by atoms with Crippen LogP contribution in [0, 0.1) is 0 Å². The Kier molecular flexibility index (Phi) is 5.37. The van der Waals surface area contributed by atoms with E-state index in [0.717, 1.165) is 43.1 Å². The number of ether oxygens (including phenoxy) is 3. The topological polar surface area (TPSA) is 53.7 Å². The maximum absolute atomic E-state index is 5.95. The van der Waals surface area contributed by atoms with Crippen LogP contribution in [0.25, 0.3) is 0 Å². The summed E-state index contributed by atoms with van der Waals surface area (Å²) in [6.45, 7) is 1.69. The summed E-state index contributed by atoms with van der Waals surface area (Å²) in [6, 6.07) is 16.0. The fourth-order valence-electron chi connectivity index (χ4n) is 2.79. The fourth-order valence-corrected chi connectivity index (χ4v) is 2.79. The molecule has 4 nitrogen and oxygen atoms in total. The van der Waals surface area contributed by atoms with Gasteiger partial charge in [0.1, 0.15) is 5.75 Å².